The maximum absolute atomic E-state index is 11.1. The molecule has 2 nitrogen and oxygen atoms in total. The number of rotatable bonds is 4. The SMILES string of the molecule is CCOC(=O)CCCC#CS(C)(C)C(C)(C)C. The Morgan fingerprint density at radius 1 is 1.29 bits per heavy atom. The summed E-state index contributed by atoms with van der Waals surface area (Å²) in [5.74, 6) is 3.09. The summed E-state index contributed by atoms with van der Waals surface area (Å²) in [5.41, 5.74) is 0. The first-order valence-corrected chi connectivity index (χ1v) is 8.54. The number of carbonyl (C=O) groups is 1. The fourth-order valence-electron chi connectivity index (χ4n) is 0.939. The Morgan fingerprint density at radius 2 is 1.88 bits per heavy atom. The lowest BCUT2D eigenvalue weighted by molar-refractivity contribution is -0.143. The van der Waals surface area contributed by atoms with E-state index in [-0.39, 0.29) is 10.7 Å². The van der Waals surface area contributed by atoms with Crippen molar-refractivity contribution in [3.63, 3.8) is 0 Å². The Labute approximate surface area is 108 Å². The molecule has 0 aromatic carbocycles. The molecule has 100 valence electrons. The molecule has 0 atom stereocenters. The van der Waals surface area contributed by atoms with E-state index in [0.29, 0.717) is 13.0 Å². The zero-order valence-corrected chi connectivity index (χ0v) is 12.9. The van der Waals surface area contributed by atoms with Crippen molar-refractivity contribution in [2.24, 2.45) is 0 Å². The largest absolute Gasteiger partial charge is 0.466 e. The van der Waals surface area contributed by atoms with E-state index in [1.165, 1.54) is 0 Å². The summed E-state index contributed by atoms with van der Waals surface area (Å²) in [5, 5.41) is 3.39. The average Bonchev–Trinajstić information content (AvgIpc) is 2.15. The summed E-state index contributed by atoms with van der Waals surface area (Å²) in [6, 6.07) is 0. The molecule has 0 saturated heterocycles. The van der Waals surface area contributed by atoms with Crippen LogP contribution in [0.1, 0.15) is 47.0 Å². The van der Waals surface area contributed by atoms with Gasteiger partial charge in [0.25, 0.3) is 0 Å². The quantitative estimate of drug-likeness (QED) is 0.438. The molecule has 0 saturated carbocycles. The fraction of sp³-hybridized carbons (Fsp3) is 0.786. The molecule has 0 aliphatic rings. The molecular weight excluding hydrogens is 232 g/mol. The van der Waals surface area contributed by atoms with Crippen molar-refractivity contribution in [1.82, 2.24) is 0 Å². The molecule has 0 rings (SSSR count). The van der Waals surface area contributed by atoms with Gasteiger partial charge in [-0.3, -0.25) is 4.79 Å². The monoisotopic (exact) mass is 258 g/mol. The Bertz CT molecular complexity index is 302. The predicted octanol–water partition coefficient (Wildman–Crippen LogP) is 3.54. The van der Waals surface area contributed by atoms with E-state index >= 15 is 0 Å². The Balaban J connectivity index is 4.02. The lowest BCUT2D eigenvalue weighted by Gasteiger charge is -2.39. The molecule has 0 fully saturated rings. The molecule has 0 heterocycles. The molecule has 3 heteroatoms. The van der Waals surface area contributed by atoms with Gasteiger partial charge in [-0.1, -0.05) is 31.9 Å². The Morgan fingerprint density at radius 3 is 2.35 bits per heavy atom. The molecule has 0 N–H and O–H groups in total. The van der Waals surface area contributed by atoms with Crippen molar-refractivity contribution >= 4 is 16.0 Å². The summed E-state index contributed by atoms with van der Waals surface area (Å²) < 4.78 is 5.11. The van der Waals surface area contributed by atoms with Gasteiger partial charge in [0.15, 0.2) is 0 Å². The van der Waals surface area contributed by atoms with Crippen LogP contribution in [0.15, 0.2) is 0 Å². The van der Waals surface area contributed by atoms with E-state index in [1.54, 1.807) is 0 Å². The number of hydrogen-bond donors (Lipinski definition) is 0. The van der Waals surface area contributed by atoms with Crippen LogP contribution in [0.3, 0.4) is 0 Å². The molecule has 0 bridgehead atoms. The maximum atomic E-state index is 11.1. The minimum Gasteiger partial charge on any atom is -0.466 e. The van der Waals surface area contributed by atoms with Crippen LogP contribution in [-0.4, -0.2) is 29.8 Å². The average molecular weight is 258 g/mol. The Kier molecular flexibility index (Phi) is 6.70. The molecule has 17 heavy (non-hydrogen) atoms. The summed E-state index contributed by atoms with van der Waals surface area (Å²) in [7, 11) is -0.886. The van der Waals surface area contributed by atoms with Gasteiger partial charge in [0.05, 0.1) is 6.61 Å². The van der Waals surface area contributed by atoms with Gasteiger partial charge in [0.2, 0.25) is 0 Å². The fourth-order valence-corrected chi connectivity index (χ4v) is 1.71. The second kappa shape index (κ2) is 6.96. The lowest BCUT2D eigenvalue weighted by atomic mass is 10.2. The molecular formula is C14H26O2S. The zero-order chi connectivity index (χ0) is 13.5. The molecule has 0 amide bonds. The van der Waals surface area contributed by atoms with E-state index in [2.05, 4.69) is 44.5 Å². The second-order valence-corrected chi connectivity index (χ2v) is 9.46. The van der Waals surface area contributed by atoms with Gasteiger partial charge < -0.3 is 4.74 Å². The summed E-state index contributed by atoms with van der Waals surface area (Å²) in [6.45, 7) is 8.99. The van der Waals surface area contributed by atoms with E-state index in [9.17, 15) is 4.79 Å². The summed E-state index contributed by atoms with van der Waals surface area (Å²) in [4.78, 5) is 11.1. The molecule has 0 radical (unpaired) electrons. The molecule has 0 aromatic heterocycles. The maximum Gasteiger partial charge on any atom is 0.305 e. The highest BCUT2D eigenvalue weighted by Crippen LogP contribution is 2.51. The normalized spacial score (nSPS) is 12.6. The highest BCUT2D eigenvalue weighted by Gasteiger charge is 2.25. The first-order valence-electron chi connectivity index (χ1n) is 6.09. The van der Waals surface area contributed by atoms with Gasteiger partial charge in [0.1, 0.15) is 0 Å². The lowest BCUT2D eigenvalue weighted by Crippen LogP contribution is -2.21. The first-order chi connectivity index (χ1) is 7.70. The van der Waals surface area contributed by atoms with Gasteiger partial charge in [-0.15, -0.1) is 0 Å². The molecule has 0 aromatic rings. The second-order valence-electron chi connectivity index (χ2n) is 5.38. The van der Waals surface area contributed by atoms with Crippen LogP contribution in [0, 0.1) is 11.2 Å². The minimum atomic E-state index is -0.886. The van der Waals surface area contributed by atoms with Crippen molar-refractivity contribution < 1.29 is 9.53 Å². The van der Waals surface area contributed by atoms with Crippen LogP contribution in [0.5, 0.6) is 0 Å². The smallest absolute Gasteiger partial charge is 0.305 e. The van der Waals surface area contributed by atoms with E-state index in [0.717, 1.165) is 12.8 Å². The number of esters is 1. The van der Waals surface area contributed by atoms with Crippen LogP contribution in [0.2, 0.25) is 0 Å². The van der Waals surface area contributed by atoms with Crippen LogP contribution in [-0.2, 0) is 9.53 Å². The minimum absolute atomic E-state index is 0.114. The third kappa shape index (κ3) is 6.63. The van der Waals surface area contributed by atoms with Gasteiger partial charge in [0, 0.05) is 17.6 Å². The van der Waals surface area contributed by atoms with Crippen LogP contribution in [0.4, 0.5) is 0 Å². The van der Waals surface area contributed by atoms with Crippen LogP contribution >= 0.6 is 10.0 Å². The molecule has 0 aliphatic heterocycles. The van der Waals surface area contributed by atoms with E-state index < -0.39 is 10.0 Å². The van der Waals surface area contributed by atoms with Crippen molar-refractivity contribution in [2.45, 2.75) is 51.7 Å². The predicted molar refractivity (Wildman–Crippen MR) is 77.5 cm³/mol. The standard InChI is InChI=1S/C14H26O2S/c1-7-16-13(15)11-9-8-10-12-17(5,6)14(2,3)4/h7-9,11H2,1-6H3. The van der Waals surface area contributed by atoms with Gasteiger partial charge >= 0.3 is 5.97 Å². The Hall–Kier alpha value is -0.620. The van der Waals surface area contributed by atoms with Gasteiger partial charge in [-0.25, -0.2) is 0 Å². The van der Waals surface area contributed by atoms with E-state index in [1.807, 2.05) is 6.92 Å². The van der Waals surface area contributed by atoms with Crippen molar-refractivity contribution in [3.05, 3.63) is 0 Å². The molecule has 0 spiro atoms. The number of ether oxygens (including phenoxy) is 1. The highest BCUT2D eigenvalue weighted by atomic mass is 32.3. The number of unbranched alkanes of at least 4 members (excludes halogenated alkanes) is 1. The van der Waals surface area contributed by atoms with Gasteiger partial charge in [-0.2, -0.15) is 10.0 Å². The summed E-state index contributed by atoms with van der Waals surface area (Å²) in [6.07, 6.45) is 6.54. The van der Waals surface area contributed by atoms with Crippen LogP contribution < -0.4 is 0 Å². The van der Waals surface area contributed by atoms with Crippen molar-refractivity contribution in [3.8, 4) is 11.2 Å². The van der Waals surface area contributed by atoms with Gasteiger partial charge in [-0.05, 0) is 25.9 Å². The van der Waals surface area contributed by atoms with Crippen molar-refractivity contribution in [2.75, 3.05) is 19.1 Å². The molecule has 0 aliphatic carbocycles. The van der Waals surface area contributed by atoms with E-state index in [4.69, 9.17) is 4.74 Å². The number of carbonyl (C=O) groups excluding carboxylic acids is 1. The van der Waals surface area contributed by atoms with Crippen molar-refractivity contribution in [1.29, 1.82) is 0 Å². The van der Waals surface area contributed by atoms with Crippen LogP contribution in [0.25, 0.3) is 0 Å². The first kappa shape index (κ1) is 16.4. The third-order valence-corrected chi connectivity index (χ3v) is 6.56. The number of hydrogen-bond acceptors (Lipinski definition) is 2. The zero-order valence-electron chi connectivity index (χ0n) is 12.1. The molecule has 0 unspecified atom stereocenters. The highest BCUT2D eigenvalue weighted by molar-refractivity contribution is 8.37. The summed E-state index contributed by atoms with van der Waals surface area (Å²) >= 11 is 0. The third-order valence-electron chi connectivity index (χ3n) is 2.85. The topological polar surface area (TPSA) is 26.3 Å².